The molecule has 1 aliphatic rings. The second-order valence-corrected chi connectivity index (χ2v) is 8.99. The van der Waals surface area contributed by atoms with Crippen LogP contribution in [-0.4, -0.2) is 60.9 Å². The summed E-state index contributed by atoms with van der Waals surface area (Å²) in [4.78, 5) is 29.9. The number of hydrogen-bond donors (Lipinski definition) is 1. The zero-order chi connectivity index (χ0) is 24.4. The molecule has 1 amide bonds. The van der Waals surface area contributed by atoms with Crippen molar-refractivity contribution in [2.45, 2.75) is 19.4 Å². The molecular weight excluding hydrogens is 428 g/mol. The summed E-state index contributed by atoms with van der Waals surface area (Å²) in [6, 6.07) is 18.3. The summed E-state index contributed by atoms with van der Waals surface area (Å²) in [6.45, 7) is 3.20. The molecule has 1 N–H and O–H groups in total. The zero-order valence-corrected chi connectivity index (χ0v) is 20.0. The number of Topliss-reactive ketones (excluding diaryl/α,β-unsaturated/α-hetero) is 1. The standard InChI is InChI=1S/C28H30N2O4/c1-18-6-8-19(9-7-18)25-24(27(32)28(33)30(25)15-5-14-29(2)3)26(31)22-11-10-21-17-23(34-4)13-12-20(21)16-22/h6-13,16-17,25,31H,5,14-15H2,1-4H3/b26-24+. The first-order valence-corrected chi connectivity index (χ1v) is 11.4. The maximum atomic E-state index is 13.2. The molecule has 3 aromatic carbocycles. The van der Waals surface area contributed by atoms with Crippen LogP contribution in [0.3, 0.4) is 0 Å². The number of amides is 1. The van der Waals surface area contributed by atoms with Gasteiger partial charge in [-0.1, -0.05) is 48.0 Å². The summed E-state index contributed by atoms with van der Waals surface area (Å²) in [5.41, 5.74) is 2.52. The van der Waals surface area contributed by atoms with E-state index in [9.17, 15) is 14.7 Å². The van der Waals surface area contributed by atoms with Crippen molar-refractivity contribution >= 4 is 28.2 Å². The van der Waals surface area contributed by atoms with Crippen molar-refractivity contribution in [3.63, 3.8) is 0 Å². The van der Waals surface area contributed by atoms with Crippen LogP contribution < -0.4 is 4.74 Å². The number of fused-ring (bicyclic) bond motifs is 1. The van der Waals surface area contributed by atoms with Gasteiger partial charge in [-0.15, -0.1) is 0 Å². The Labute approximate surface area is 200 Å². The molecule has 1 fully saturated rings. The van der Waals surface area contributed by atoms with E-state index in [1.807, 2.05) is 80.5 Å². The van der Waals surface area contributed by atoms with Crippen molar-refractivity contribution in [2.75, 3.05) is 34.3 Å². The molecule has 4 rings (SSSR count). The smallest absolute Gasteiger partial charge is 0.295 e. The Balaban J connectivity index is 1.80. The van der Waals surface area contributed by atoms with Gasteiger partial charge in [-0.2, -0.15) is 0 Å². The van der Waals surface area contributed by atoms with Gasteiger partial charge in [0, 0.05) is 12.1 Å². The number of benzene rings is 3. The fourth-order valence-corrected chi connectivity index (χ4v) is 4.42. The summed E-state index contributed by atoms with van der Waals surface area (Å²) in [5.74, 6) is -0.636. The van der Waals surface area contributed by atoms with Gasteiger partial charge < -0.3 is 19.6 Å². The highest BCUT2D eigenvalue weighted by atomic mass is 16.5. The molecule has 6 heteroatoms. The fraction of sp³-hybridized carbons (Fsp3) is 0.286. The Morgan fingerprint density at radius 3 is 2.35 bits per heavy atom. The minimum absolute atomic E-state index is 0.131. The number of hydrogen-bond acceptors (Lipinski definition) is 5. The number of ether oxygens (including phenoxy) is 1. The minimum atomic E-state index is -0.650. The van der Waals surface area contributed by atoms with Crippen molar-refractivity contribution in [3.05, 3.63) is 82.9 Å². The van der Waals surface area contributed by atoms with Crippen molar-refractivity contribution in [1.29, 1.82) is 0 Å². The molecule has 1 saturated heterocycles. The Morgan fingerprint density at radius 2 is 1.68 bits per heavy atom. The van der Waals surface area contributed by atoms with E-state index < -0.39 is 17.7 Å². The van der Waals surface area contributed by atoms with Crippen molar-refractivity contribution in [1.82, 2.24) is 9.80 Å². The number of aryl methyl sites for hydroxylation is 1. The van der Waals surface area contributed by atoms with Crippen LogP contribution in [0.4, 0.5) is 0 Å². The Morgan fingerprint density at radius 1 is 1.00 bits per heavy atom. The Hall–Kier alpha value is -3.64. The first-order valence-electron chi connectivity index (χ1n) is 11.4. The van der Waals surface area contributed by atoms with E-state index in [4.69, 9.17) is 4.74 Å². The Bertz CT molecular complexity index is 1260. The Kier molecular flexibility index (Phi) is 6.70. The minimum Gasteiger partial charge on any atom is -0.507 e. The monoisotopic (exact) mass is 458 g/mol. The van der Waals surface area contributed by atoms with Crippen LogP contribution in [0.1, 0.15) is 29.2 Å². The van der Waals surface area contributed by atoms with E-state index in [2.05, 4.69) is 0 Å². The molecule has 6 nitrogen and oxygen atoms in total. The lowest BCUT2D eigenvalue weighted by Gasteiger charge is -2.26. The summed E-state index contributed by atoms with van der Waals surface area (Å²) >= 11 is 0. The molecular formula is C28H30N2O4. The van der Waals surface area contributed by atoms with Crippen LogP contribution in [0, 0.1) is 6.92 Å². The molecule has 1 unspecified atom stereocenters. The second-order valence-electron chi connectivity index (χ2n) is 8.99. The molecule has 176 valence electrons. The lowest BCUT2D eigenvalue weighted by molar-refractivity contribution is -0.139. The molecule has 3 aromatic rings. The van der Waals surface area contributed by atoms with Gasteiger partial charge >= 0.3 is 0 Å². The van der Waals surface area contributed by atoms with Crippen LogP contribution in [0.25, 0.3) is 16.5 Å². The normalized spacial score (nSPS) is 17.7. The molecule has 0 spiro atoms. The predicted octanol–water partition coefficient (Wildman–Crippen LogP) is 4.53. The van der Waals surface area contributed by atoms with Gasteiger partial charge in [0.05, 0.1) is 18.7 Å². The maximum absolute atomic E-state index is 13.2. The van der Waals surface area contributed by atoms with E-state index in [0.29, 0.717) is 12.1 Å². The molecule has 0 radical (unpaired) electrons. The van der Waals surface area contributed by atoms with Crippen LogP contribution in [0.2, 0.25) is 0 Å². The van der Waals surface area contributed by atoms with Gasteiger partial charge in [0.1, 0.15) is 11.5 Å². The second kappa shape index (κ2) is 9.69. The van der Waals surface area contributed by atoms with Crippen molar-refractivity contribution in [3.8, 4) is 5.75 Å². The topological polar surface area (TPSA) is 70.1 Å². The van der Waals surface area contributed by atoms with Gasteiger partial charge in [0.15, 0.2) is 0 Å². The van der Waals surface area contributed by atoms with Crippen molar-refractivity contribution < 1.29 is 19.4 Å². The SMILES string of the molecule is COc1ccc2cc(/C(O)=C3\C(=O)C(=O)N(CCCN(C)C)C3c3ccc(C)cc3)ccc2c1. The molecule has 0 aliphatic carbocycles. The average molecular weight is 459 g/mol. The zero-order valence-electron chi connectivity index (χ0n) is 20.0. The van der Waals surface area contributed by atoms with Gasteiger partial charge in [0.25, 0.3) is 11.7 Å². The number of methoxy groups -OCH3 is 1. The molecule has 1 heterocycles. The lowest BCUT2D eigenvalue weighted by atomic mass is 9.94. The van der Waals surface area contributed by atoms with Gasteiger partial charge in [-0.05, 0) is 68.5 Å². The highest BCUT2D eigenvalue weighted by Gasteiger charge is 2.45. The average Bonchev–Trinajstić information content (AvgIpc) is 3.08. The summed E-state index contributed by atoms with van der Waals surface area (Å²) in [5, 5.41) is 13.2. The quantitative estimate of drug-likeness (QED) is 0.320. The lowest BCUT2D eigenvalue weighted by Crippen LogP contribution is -2.32. The summed E-state index contributed by atoms with van der Waals surface area (Å²) in [6.07, 6.45) is 0.722. The number of rotatable bonds is 7. The number of aliphatic hydroxyl groups is 1. The van der Waals surface area contributed by atoms with Gasteiger partial charge in [-0.3, -0.25) is 9.59 Å². The van der Waals surface area contributed by atoms with Crippen molar-refractivity contribution in [2.24, 2.45) is 0 Å². The highest BCUT2D eigenvalue weighted by Crippen LogP contribution is 2.40. The number of carbonyl (C=O) groups is 2. The third-order valence-electron chi connectivity index (χ3n) is 6.26. The summed E-state index contributed by atoms with van der Waals surface area (Å²) < 4.78 is 5.29. The first kappa shape index (κ1) is 23.5. The number of ketones is 1. The molecule has 0 aromatic heterocycles. The van der Waals surface area contributed by atoms with E-state index >= 15 is 0 Å². The van der Waals surface area contributed by atoms with E-state index in [1.165, 1.54) is 0 Å². The highest BCUT2D eigenvalue weighted by molar-refractivity contribution is 6.46. The van der Waals surface area contributed by atoms with Crippen LogP contribution in [0.5, 0.6) is 5.75 Å². The van der Waals surface area contributed by atoms with Gasteiger partial charge in [-0.25, -0.2) is 0 Å². The molecule has 0 saturated carbocycles. The molecule has 1 atom stereocenters. The van der Waals surface area contributed by atoms with Gasteiger partial charge in [0.2, 0.25) is 0 Å². The number of nitrogens with zero attached hydrogens (tertiary/aromatic N) is 2. The number of carbonyl (C=O) groups excluding carboxylic acids is 2. The summed E-state index contributed by atoms with van der Waals surface area (Å²) in [7, 11) is 5.56. The molecule has 0 bridgehead atoms. The van der Waals surface area contributed by atoms with E-state index in [0.717, 1.165) is 40.6 Å². The maximum Gasteiger partial charge on any atom is 0.295 e. The number of likely N-dealkylation sites (tertiary alicyclic amines) is 1. The molecule has 34 heavy (non-hydrogen) atoms. The van der Waals surface area contributed by atoms with E-state index in [-0.39, 0.29) is 11.3 Å². The predicted molar refractivity (Wildman–Crippen MR) is 134 cm³/mol. The molecule has 1 aliphatic heterocycles. The third kappa shape index (κ3) is 4.54. The first-order chi connectivity index (χ1) is 16.3. The van der Waals surface area contributed by atoms with E-state index in [1.54, 1.807) is 18.1 Å². The van der Waals surface area contributed by atoms with Crippen LogP contribution in [-0.2, 0) is 9.59 Å². The van der Waals surface area contributed by atoms with Crippen LogP contribution in [0.15, 0.2) is 66.2 Å². The fourth-order valence-electron chi connectivity index (χ4n) is 4.42. The third-order valence-corrected chi connectivity index (χ3v) is 6.26. The van der Waals surface area contributed by atoms with Crippen LogP contribution >= 0.6 is 0 Å². The largest absolute Gasteiger partial charge is 0.507 e. The number of aliphatic hydroxyl groups excluding tert-OH is 1.